The number of hydrogen-bond donors (Lipinski definition) is 0. The number of benzene rings is 4. The quantitative estimate of drug-likeness (QED) is 0.105. The van der Waals surface area contributed by atoms with E-state index in [1.165, 1.54) is 72.8 Å². The van der Waals surface area contributed by atoms with Gasteiger partial charge >= 0.3 is 16.9 Å². The van der Waals surface area contributed by atoms with Crippen LogP contribution in [0.2, 0.25) is 0 Å². The van der Waals surface area contributed by atoms with Crippen molar-refractivity contribution in [3.63, 3.8) is 0 Å². The monoisotopic (exact) mass is 688 g/mol. The largest absolute Gasteiger partial charge is 0.426 e. The Balaban J connectivity index is 1.23. The van der Waals surface area contributed by atoms with Gasteiger partial charge in [-0.25, -0.2) is 21.2 Å². The van der Waals surface area contributed by atoms with Crippen LogP contribution in [0.25, 0.3) is 17.2 Å². The van der Waals surface area contributed by atoms with Crippen LogP contribution in [-0.4, -0.2) is 34.2 Å². The van der Waals surface area contributed by atoms with Crippen LogP contribution in [0.4, 0.5) is 4.39 Å². The van der Waals surface area contributed by atoms with Gasteiger partial charge in [-0.05, 0) is 99.8 Å². The zero-order valence-corrected chi connectivity index (χ0v) is 26.9. The first-order valence-electron chi connectivity index (χ1n) is 14.2. The van der Waals surface area contributed by atoms with E-state index in [-0.39, 0.29) is 32.6 Å². The van der Waals surface area contributed by atoms with Crippen molar-refractivity contribution < 1.29 is 45.0 Å². The SMILES string of the molecule is CC1=C(CC(=O)Oc2cccc(Oc3no[n+]([O-])c3S(=O)(=O)c3ccccc3)c2)c2cc(F)ccc2/C1=C\c1ccc(S(C)(=O)=O)cc1. The van der Waals surface area contributed by atoms with E-state index in [0.29, 0.717) is 27.8 Å². The molecule has 0 unspecified atom stereocenters. The summed E-state index contributed by atoms with van der Waals surface area (Å²) in [6, 6.07) is 23.5. The van der Waals surface area contributed by atoms with Crippen molar-refractivity contribution in [3.05, 3.63) is 130 Å². The van der Waals surface area contributed by atoms with Gasteiger partial charge in [0.1, 0.15) is 17.3 Å². The average molecular weight is 689 g/mol. The molecule has 0 amide bonds. The second-order valence-corrected chi connectivity index (χ2v) is 14.7. The van der Waals surface area contributed by atoms with Crippen molar-refractivity contribution in [3.8, 4) is 17.4 Å². The van der Waals surface area contributed by atoms with Crippen LogP contribution in [-0.2, 0) is 24.5 Å². The maximum atomic E-state index is 14.4. The molecular weight excluding hydrogens is 664 g/mol. The fourth-order valence-electron chi connectivity index (χ4n) is 5.20. The third-order valence-corrected chi connectivity index (χ3v) is 10.4. The average Bonchev–Trinajstić information content (AvgIpc) is 3.53. The molecule has 244 valence electrons. The van der Waals surface area contributed by atoms with Gasteiger partial charge in [-0.1, -0.05) is 42.5 Å². The molecule has 0 fully saturated rings. The highest BCUT2D eigenvalue weighted by Crippen LogP contribution is 2.44. The molecule has 0 atom stereocenters. The molecule has 14 heteroatoms. The van der Waals surface area contributed by atoms with E-state index in [2.05, 4.69) is 9.79 Å². The Morgan fingerprint density at radius 1 is 0.896 bits per heavy atom. The van der Waals surface area contributed by atoms with Gasteiger partial charge in [0, 0.05) is 12.3 Å². The van der Waals surface area contributed by atoms with Gasteiger partial charge in [-0.3, -0.25) is 9.42 Å². The normalized spacial score (nSPS) is 13.9. The third-order valence-electron chi connectivity index (χ3n) is 7.50. The maximum absolute atomic E-state index is 14.4. The summed E-state index contributed by atoms with van der Waals surface area (Å²) in [6.07, 6.45) is 2.73. The number of carbonyl (C=O) groups is 1. The van der Waals surface area contributed by atoms with Crippen LogP contribution in [0.15, 0.2) is 122 Å². The van der Waals surface area contributed by atoms with Gasteiger partial charge in [0.2, 0.25) is 0 Å². The number of fused-ring (bicyclic) bond motifs is 1. The molecule has 0 saturated heterocycles. The lowest BCUT2D eigenvalue weighted by Crippen LogP contribution is -2.30. The summed E-state index contributed by atoms with van der Waals surface area (Å²) < 4.78 is 80.0. The first kappa shape index (κ1) is 32.3. The Morgan fingerprint density at radius 3 is 2.31 bits per heavy atom. The van der Waals surface area contributed by atoms with E-state index < -0.39 is 42.4 Å². The molecule has 1 aliphatic rings. The number of sulfone groups is 2. The fraction of sp³-hybridized carbons (Fsp3) is 0.0882. The molecule has 0 spiro atoms. The van der Waals surface area contributed by atoms with Crippen LogP contribution in [0.5, 0.6) is 17.4 Å². The molecule has 0 N–H and O–H groups in total. The number of nitrogens with zero attached hydrogens (tertiary/aromatic N) is 2. The summed E-state index contributed by atoms with van der Waals surface area (Å²) in [4.78, 5) is 12.9. The Morgan fingerprint density at radius 2 is 1.60 bits per heavy atom. The van der Waals surface area contributed by atoms with Crippen LogP contribution in [0.3, 0.4) is 0 Å². The van der Waals surface area contributed by atoms with Gasteiger partial charge in [0.05, 0.1) is 21.4 Å². The van der Waals surface area contributed by atoms with E-state index >= 15 is 0 Å². The zero-order valence-electron chi connectivity index (χ0n) is 25.3. The number of ether oxygens (including phenoxy) is 2. The maximum Gasteiger partial charge on any atom is 0.420 e. The molecule has 1 aromatic heterocycles. The second-order valence-electron chi connectivity index (χ2n) is 10.8. The number of allylic oxidation sites excluding steroid dienone is 2. The number of aromatic nitrogens is 2. The topological polar surface area (TPSA) is 157 Å². The highest BCUT2D eigenvalue weighted by molar-refractivity contribution is 7.91. The summed E-state index contributed by atoms with van der Waals surface area (Å²) in [7, 11) is -7.73. The molecule has 11 nitrogen and oxygen atoms in total. The Kier molecular flexibility index (Phi) is 8.45. The Labute approximate surface area is 274 Å². The molecule has 4 aromatic carbocycles. The second kappa shape index (κ2) is 12.5. The summed E-state index contributed by atoms with van der Waals surface area (Å²) >= 11 is 0. The molecular formula is C34H25FN2O9S2. The van der Waals surface area contributed by atoms with Crippen LogP contribution >= 0.6 is 0 Å². The van der Waals surface area contributed by atoms with E-state index in [9.17, 15) is 31.2 Å². The first-order chi connectivity index (χ1) is 22.8. The lowest BCUT2D eigenvalue weighted by Gasteiger charge is -2.09. The number of carbonyl (C=O) groups excluding carboxylic acids is 1. The van der Waals surface area contributed by atoms with E-state index in [4.69, 9.17) is 9.47 Å². The fourth-order valence-corrected chi connectivity index (χ4v) is 7.11. The van der Waals surface area contributed by atoms with Crippen LogP contribution in [0.1, 0.15) is 30.0 Å². The minimum absolute atomic E-state index is 0.00509. The molecule has 1 aliphatic carbocycles. The molecule has 0 radical (unpaired) electrons. The van der Waals surface area contributed by atoms with E-state index in [0.717, 1.165) is 11.8 Å². The van der Waals surface area contributed by atoms with Crippen LogP contribution in [0, 0.1) is 11.0 Å². The number of halogens is 1. The van der Waals surface area contributed by atoms with Crippen molar-refractivity contribution in [2.45, 2.75) is 28.2 Å². The predicted molar refractivity (Wildman–Crippen MR) is 171 cm³/mol. The standard InChI is InChI=1S/C34H25FN2O9S2/c1-21-29(17-22-11-14-26(15-12-22)47(2,40)41)28-16-13-23(35)18-31(28)30(21)20-32(38)44-24-7-6-8-25(19-24)45-33-34(37(39)46-36-33)48(42,43)27-9-4-3-5-10-27/h3-19H,20H2,1-2H3/b29-17-. The van der Waals surface area contributed by atoms with Gasteiger partial charge in [0.25, 0.3) is 9.84 Å². The highest BCUT2D eigenvalue weighted by Gasteiger charge is 2.36. The van der Waals surface area contributed by atoms with E-state index in [1.54, 1.807) is 31.2 Å². The number of hydrogen-bond acceptors (Lipinski definition) is 10. The van der Waals surface area contributed by atoms with Crippen molar-refractivity contribution >= 4 is 42.9 Å². The lowest BCUT2D eigenvalue weighted by atomic mass is 10.0. The molecule has 6 rings (SSSR count). The van der Waals surface area contributed by atoms with Gasteiger partial charge in [-0.15, -0.1) is 0 Å². The van der Waals surface area contributed by atoms with Crippen molar-refractivity contribution in [1.82, 2.24) is 5.16 Å². The van der Waals surface area contributed by atoms with Crippen LogP contribution < -0.4 is 14.4 Å². The van der Waals surface area contributed by atoms with Gasteiger partial charge in [0.15, 0.2) is 9.84 Å². The lowest BCUT2D eigenvalue weighted by molar-refractivity contribution is -0.832. The molecule has 0 bridgehead atoms. The first-order valence-corrected chi connectivity index (χ1v) is 17.6. The Bertz CT molecular complexity index is 2350. The third kappa shape index (κ3) is 6.48. The van der Waals surface area contributed by atoms with E-state index in [1.807, 2.05) is 6.08 Å². The van der Waals surface area contributed by atoms with Crippen molar-refractivity contribution in [2.75, 3.05) is 6.26 Å². The van der Waals surface area contributed by atoms with Crippen molar-refractivity contribution in [1.29, 1.82) is 0 Å². The Hall–Kier alpha value is -5.60. The number of rotatable bonds is 9. The van der Waals surface area contributed by atoms with Crippen molar-refractivity contribution in [2.24, 2.45) is 0 Å². The smallest absolute Gasteiger partial charge is 0.420 e. The van der Waals surface area contributed by atoms with Gasteiger partial charge < -0.3 is 14.7 Å². The summed E-state index contributed by atoms with van der Waals surface area (Å²) in [5, 5.41) is 14.8. The van der Waals surface area contributed by atoms with Gasteiger partial charge in [-0.2, -0.15) is 0 Å². The molecule has 48 heavy (non-hydrogen) atoms. The summed E-state index contributed by atoms with van der Waals surface area (Å²) in [5.41, 5.74) is 3.91. The molecule has 0 saturated carbocycles. The summed E-state index contributed by atoms with van der Waals surface area (Å²) in [6.45, 7) is 1.80. The highest BCUT2D eigenvalue weighted by atomic mass is 32.2. The summed E-state index contributed by atoms with van der Waals surface area (Å²) in [5.74, 6) is -1.75. The zero-order chi connectivity index (χ0) is 34.2. The minimum Gasteiger partial charge on any atom is -0.426 e. The molecule has 0 aliphatic heterocycles. The minimum atomic E-state index is -4.36. The molecule has 1 heterocycles. The predicted octanol–water partition coefficient (Wildman–Crippen LogP) is 5.80. The molecule has 5 aromatic rings. The number of esters is 1.